The van der Waals surface area contributed by atoms with Crippen LogP contribution in [0.2, 0.25) is 0 Å². The summed E-state index contributed by atoms with van der Waals surface area (Å²) < 4.78 is 0. The molecule has 6 aromatic carbocycles. The number of fused-ring (bicyclic) bond motifs is 4. The van der Waals surface area contributed by atoms with E-state index in [9.17, 15) is 0 Å². The molecule has 218 valence electrons. The van der Waals surface area contributed by atoms with Gasteiger partial charge in [-0.1, -0.05) is 135 Å². The smallest absolute Gasteiger partial charge is 0.0920 e. The minimum atomic E-state index is -0.826. The van der Waals surface area contributed by atoms with Gasteiger partial charge in [0.25, 0.3) is 0 Å². The maximum Gasteiger partial charge on any atom is 0.0920 e. The third-order valence-corrected chi connectivity index (χ3v) is 9.73. The third-order valence-electron chi connectivity index (χ3n) is 8.36. The monoisotopic (exact) mass is 704 g/mol. The fourth-order valence-electron chi connectivity index (χ4n) is 5.93. The van der Waals surface area contributed by atoms with Crippen molar-refractivity contribution in [3.8, 4) is 33.4 Å². The number of hydrogen-bond donors (Lipinski definition) is 0. The van der Waals surface area contributed by atoms with Crippen molar-refractivity contribution in [1.29, 1.82) is 0 Å². The van der Waals surface area contributed by atoms with E-state index in [1.165, 1.54) is 72.1 Å². The Bertz CT molecular complexity index is 1780. The van der Waals surface area contributed by atoms with E-state index in [-0.39, 0.29) is 0 Å². The van der Waals surface area contributed by atoms with Crippen LogP contribution in [0.25, 0.3) is 44.2 Å². The van der Waals surface area contributed by atoms with Gasteiger partial charge in [0.1, 0.15) is 0 Å². The Labute approximate surface area is 284 Å². The molecule has 0 bridgehead atoms. The molecule has 1 aliphatic rings. The van der Waals surface area contributed by atoms with Gasteiger partial charge in [-0.2, -0.15) is 35.5 Å². The molecule has 0 aromatic heterocycles. The van der Waals surface area contributed by atoms with Crippen LogP contribution in [-0.4, -0.2) is 9.52 Å². The van der Waals surface area contributed by atoms with E-state index in [2.05, 4.69) is 149 Å². The minimum absolute atomic E-state index is 0.485. The molecule has 1 aliphatic heterocycles. The molecular formula is C40H36Cl2SiZr. The molecule has 0 aliphatic carbocycles. The average molecular weight is 707 g/mol. The summed E-state index contributed by atoms with van der Waals surface area (Å²) in [6, 6.07) is 47.3. The Morgan fingerprint density at radius 2 is 1.41 bits per heavy atom. The molecule has 0 amide bonds. The summed E-state index contributed by atoms with van der Waals surface area (Å²) in [4.78, 5) is 0. The number of halogens is 2. The van der Waals surface area contributed by atoms with Crippen LogP contribution < -0.4 is 10.4 Å². The first-order valence-electron chi connectivity index (χ1n) is 15.2. The van der Waals surface area contributed by atoms with Crippen LogP contribution in [0.4, 0.5) is 0 Å². The Kier molecular flexibility index (Phi) is 11.6. The Morgan fingerprint density at radius 1 is 0.750 bits per heavy atom. The van der Waals surface area contributed by atoms with Crippen LogP contribution in [-0.2, 0) is 20.8 Å². The predicted octanol–water partition coefficient (Wildman–Crippen LogP) is 11.0. The van der Waals surface area contributed by atoms with Crippen molar-refractivity contribution in [3.05, 3.63) is 139 Å². The molecule has 7 rings (SSSR count). The van der Waals surface area contributed by atoms with Crippen molar-refractivity contribution in [1.82, 2.24) is 0 Å². The van der Waals surface area contributed by atoms with Gasteiger partial charge in [0.15, 0.2) is 0 Å². The molecule has 0 N–H and O–H groups in total. The zero-order valence-corrected chi connectivity index (χ0v) is 30.6. The molecule has 44 heavy (non-hydrogen) atoms. The van der Waals surface area contributed by atoms with Gasteiger partial charge in [0, 0.05) is 0 Å². The molecule has 4 heteroatoms. The Balaban J connectivity index is 0.000000198. The Morgan fingerprint density at radius 3 is 2.14 bits per heavy atom. The molecule has 1 atom stereocenters. The van der Waals surface area contributed by atoms with E-state index in [4.69, 9.17) is 17.0 Å². The van der Waals surface area contributed by atoms with Gasteiger partial charge in [0.2, 0.25) is 0 Å². The number of rotatable bonds is 5. The predicted molar refractivity (Wildman–Crippen MR) is 191 cm³/mol. The van der Waals surface area contributed by atoms with E-state index in [1.807, 2.05) is 6.07 Å². The maximum atomic E-state index is 4.93. The third kappa shape index (κ3) is 7.27. The van der Waals surface area contributed by atoms with Gasteiger partial charge >= 0.3 is 37.9 Å². The molecule has 1 unspecified atom stereocenters. The van der Waals surface area contributed by atoms with Crippen molar-refractivity contribution in [2.24, 2.45) is 0 Å². The van der Waals surface area contributed by atoms with Crippen LogP contribution in [0.5, 0.6) is 0 Å². The minimum Gasteiger partial charge on any atom is -0.184 e. The fourth-order valence-corrected chi connectivity index (χ4v) is 7.24. The first kappa shape index (κ1) is 32.8. The molecule has 1 heterocycles. The summed E-state index contributed by atoms with van der Waals surface area (Å²) in [6.07, 6.45) is 1.17. The maximum absolute atomic E-state index is 4.93. The molecule has 0 saturated heterocycles. The van der Waals surface area contributed by atoms with Gasteiger partial charge in [-0.25, -0.2) is 0 Å². The first-order valence-corrected chi connectivity index (χ1v) is 22.5. The number of benzene rings is 5. The van der Waals surface area contributed by atoms with E-state index in [0.717, 1.165) is 9.52 Å². The van der Waals surface area contributed by atoms with Crippen molar-refractivity contribution >= 4 is 47.7 Å². The summed E-state index contributed by atoms with van der Waals surface area (Å²) in [5.41, 5.74) is 11.0. The van der Waals surface area contributed by atoms with E-state index in [1.54, 1.807) is 0 Å². The standard InChI is InChI=1S/C28H29.C12H7Si.2ClH.Zr/c1-5-20(4)23-17-22-15-16-25(21-11-7-6-8-12-21)28(27(22)18-23)26-14-10-9-13-24(26)19(2)3;1-3-7-11-9(5-1)10-6-2-4-8-12(10)13-11;;;/h6-20H,5H2,1-4H3;1-7H;2*1H;/q2*-1;;;+4/p-2. The SMILES string of the molecule is CCC(C)c1cc2c(-c3ccccc3C(C)C)c(-c3ccccc3)ccc2[cH-]1.[Cl][Zr+2][Cl].[c-]1cccc2c1[Si]c1ccccc1-2. The van der Waals surface area contributed by atoms with E-state index >= 15 is 0 Å². The van der Waals surface area contributed by atoms with Gasteiger partial charge < -0.3 is 0 Å². The van der Waals surface area contributed by atoms with Crippen molar-refractivity contribution in [2.45, 2.75) is 46.0 Å². The molecular weight excluding hydrogens is 671 g/mol. The van der Waals surface area contributed by atoms with E-state index in [0.29, 0.717) is 11.8 Å². The summed E-state index contributed by atoms with van der Waals surface area (Å²) in [5, 5.41) is 5.55. The van der Waals surface area contributed by atoms with E-state index < -0.39 is 20.8 Å². The average Bonchev–Trinajstić information content (AvgIpc) is 3.67. The summed E-state index contributed by atoms with van der Waals surface area (Å²) in [5.74, 6) is 1.07. The van der Waals surface area contributed by atoms with Gasteiger partial charge in [-0.05, 0) is 34.1 Å². The van der Waals surface area contributed by atoms with Crippen LogP contribution in [0.3, 0.4) is 0 Å². The Hall–Kier alpha value is -2.61. The van der Waals surface area contributed by atoms with Gasteiger partial charge in [-0.15, -0.1) is 34.0 Å². The molecule has 2 radical (unpaired) electrons. The summed E-state index contributed by atoms with van der Waals surface area (Å²) in [7, 11) is 10.7. The second-order valence-corrected chi connectivity index (χ2v) is 16.4. The topological polar surface area (TPSA) is 0 Å². The van der Waals surface area contributed by atoms with Crippen LogP contribution in [0, 0.1) is 6.07 Å². The normalized spacial score (nSPS) is 11.9. The molecule has 0 spiro atoms. The van der Waals surface area contributed by atoms with Crippen LogP contribution in [0.1, 0.15) is 57.1 Å². The molecule has 0 fully saturated rings. The summed E-state index contributed by atoms with van der Waals surface area (Å²) >= 11 is -0.826. The van der Waals surface area contributed by atoms with Crippen LogP contribution >= 0.6 is 17.0 Å². The van der Waals surface area contributed by atoms with Crippen molar-refractivity contribution in [2.75, 3.05) is 0 Å². The van der Waals surface area contributed by atoms with Crippen molar-refractivity contribution < 1.29 is 20.8 Å². The van der Waals surface area contributed by atoms with Crippen molar-refractivity contribution in [3.63, 3.8) is 0 Å². The van der Waals surface area contributed by atoms with Gasteiger partial charge in [-0.3, -0.25) is 0 Å². The largest absolute Gasteiger partial charge is 0.184 e. The molecule has 0 nitrogen and oxygen atoms in total. The first-order chi connectivity index (χ1) is 21.5. The number of hydrogen-bond acceptors (Lipinski definition) is 0. The zero-order valence-electron chi connectivity index (χ0n) is 25.7. The quantitative estimate of drug-likeness (QED) is 0.123. The molecule has 0 saturated carbocycles. The second-order valence-electron chi connectivity index (χ2n) is 11.4. The summed E-state index contributed by atoms with van der Waals surface area (Å²) in [6.45, 7) is 9.17. The van der Waals surface area contributed by atoms with Crippen LogP contribution in [0.15, 0.2) is 121 Å². The second kappa shape index (κ2) is 15.6. The zero-order chi connectivity index (χ0) is 31.1. The van der Waals surface area contributed by atoms with Gasteiger partial charge in [0.05, 0.1) is 9.52 Å². The molecule has 6 aromatic rings. The fraction of sp³-hybridized carbons (Fsp3) is 0.175.